The van der Waals surface area contributed by atoms with E-state index in [9.17, 15) is 29.4 Å². The lowest BCUT2D eigenvalue weighted by molar-refractivity contribution is -0.175. The van der Waals surface area contributed by atoms with Crippen LogP contribution in [0.15, 0.2) is 0 Å². The van der Waals surface area contributed by atoms with E-state index in [0.29, 0.717) is 52.4 Å². The normalized spacial score (nSPS) is 18.9. The molecule has 1 fully saturated rings. The van der Waals surface area contributed by atoms with Gasteiger partial charge < -0.3 is 29.2 Å². The molecular formula is C35H66N4O10. The Labute approximate surface area is 294 Å². The maximum Gasteiger partial charge on any atom is 0.323 e. The first-order chi connectivity index (χ1) is 22.2. The third-order valence-corrected chi connectivity index (χ3v) is 7.07. The van der Waals surface area contributed by atoms with Crippen LogP contribution >= 0.6 is 0 Å². The van der Waals surface area contributed by atoms with Crippen LogP contribution in [0.3, 0.4) is 0 Å². The summed E-state index contributed by atoms with van der Waals surface area (Å²) in [6.45, 7) is 25.0. The fraction of sp³-hybridized carbons (Fsp3) is 0.886. The van der Waals surface area contributed by atoms with Gasteiger partial charge in [-0.2, -0.15) is 0 Å². The van der Waals surface area contributed by atoms with E-state index in [1.54, 1.807) is 41.5 Å². The summed E-state index contributed by atoms with van der Waals surface area (Å²) in [5.74, 6) is -2.32. The Hall–Kier alpha value is -2.36. The van der Waals surface area contributed by atoms with E-state index in [4.69, 9.17) is 18.9 Å². The maximum absolute atomic E-state index is 13.6. The summed E-state index contributed by atoms with van der Waals surface area (Å²) >= 11 is 0. The number of β-amino-alcohol motifs (C(OH)–C–C–N with tert-alkyl or cyclic N) is 1. The molecule has 286 valence electrons. The summed E-state index contributed by atoms with van der Waals surface area (Å²) in [5, 5.41) is 20.4. The lowest BCUT2D eigenvalue weighted by Crippen LogP contribution is -2.53. The van der Waals surface area contributed by atoms with Gasteiger partial charge in [0.05, 0.1) is 18.7 Å². The predicted molar refractivity (Wildman–Crippen MR) is 186 cm³/mol. The Kier molecular flexibility index (Phi) is 17.6. The zero-order valence-electron chi connectivity index (χ0n) is 32.3. The summed E-state index contributed by atoms with van der Waals surface area (Å²) in [4.78, 5) is 58.9. The van der Waals surface area contributed by atoms with Gasteiger partial charge in [-0.1, -0.05) is 0 Å². The molecule has 0 bridgehead atoms. The van der Waals surface area contributed by atoms with E-state index < -0.39 is 52.6 Å². The number of carboxylic acid groups (broad SMARTS) is 1. The number of carboxylic acids is 1. The molecule has 14 heteroatoms. The molecule has 1 rings (SSSR count). The quantitative estimate of drug-likeness (QED) is 0.174. The molecule has 2 atom stereocenters. The second-order valence-electron chi connectivity index (χ2n) is 16.7. The van der Waals surface area contributed by atoms with E-state index in [1.807, 2.05) is 61.1 Å². The third-order valence-electron chi connectivity index (χ3n) is 7.07. The number of aliphatic hydroxyl groups excluding tert-OH is 1. The monoisotopic (exact) mass is 702 g/mol. The molecular weight excluding hydrogens is 636 g/mol. The largest absolute Gasteiger partial charge is 0.481 e. The molecule has 1 saturated heterocycles. The molecule has 14 nitrogen and oxygen atoms in total. The molecule has 0 aliphatic carbocycles. The zero-order chi connectivity index (χ0) is 37.8. The highest BCUT2D eigenvalue weighted by Crippen LogP contribution is 2.18. The van der Waals surface area contributed by atoms with Crippen LogP contribution in [-0.4, -0.2) is 160 Å². The van der Waals surface area contributed by atoms with Crippen molar-refractivity contribution in [2.45, 2.75) is 131 Å². The molecule has 0 aromatic rings. The fourth-order valence-electron chi connectivity index (χ4n) is 5.22. The van der Waals surface area contributed by atoms with E-state index in [2.05, 4.69) is 0 Å². The van der Waals surface area contributed by atoms with Crippen molar-refractivity contribution in [3.8, 4) is 0 Å². The van der Waals surface area contributed by atoms with Gasteiger partial charge in [0.25, 0.3) is 0 Å². The fourth-order valence-corrected chi connectivity index (χ4v) is 5.22. The topological polar surface area (TPSA) is 159 Å². The van der Waals surface area contributed by atoms with Crippen LogP contribution in [-0.2, 0) is 38.1 Å². The molecule has 0 aromatic carbocycles. The van der Waals surface area contributed by atoms with Gasteiger partial charge in [0.1, 0.15) is 22.8 Å². The Bertz CT molecular complexity index is 1060. The van der Waals surface area contributed by atoms with Gasteiger partial charge in [-0.3, -0.25) is 38.8 Å². The van der Waals surface area contributed by atoms with Crippen LogP contribution < -0.4 is 0 Å². The van der Waals surface area contributed by atoms with Crippen LogP contribution in [0.1, 0.15) is 95.9 Å². The Morgan fingerprint density at radius 3 is 1.37 bits per heavy atom. The second kappa shape index (κ2) is 19.3. The van der Waals surface area contributed by atoms with Crippen LogP contribution in [0.4, 0.5) is 0 Å². The average Bonchev–Trinajstić information content (AvgIpc) is 2.85. The van der Waals surface area contributed by atoms with Gasteiger partial charge in [0.2, 0.25) is 0 Å². The standard InChI is InChI=1S/C35H66N4O10/c1-32(2,3)46-28(42)23-36-15-17-37(24-29(43)47-33(4,5)6)19-21-39(26(13-14-27(40)41)31(45)49-35(10,11)12)22-20-38(18-16-36)25-30(44)48-34(7,8)9/h26,29,43H,13-25H2,1-12H3,(H,40,41). The summed E-state index contributed by atoms with van der Waals surface area (Å²) in [6, 6.07) is -0.858. The molecule has 0 aromatic heterocycles. The van der Waals surface area contributed by atoms with Gasteiger partial charge >= 0.3 is 23.9 Å². The number of esters is 3. The van der Waals surface area contributed by atoms with Gasteiger partial charge in [-0.15, -0.1) is 0 Å². The summed E-state index contributed by atoms with van der Waals surface area (Å²) in [5.41, 5.74) is -2.70. The first-order valence-electron chi connectivity index (χ1n) is 17.4. The predicted octanol–water partition coefficient (Wildman–Crippen LogP) is 2.60. The number of hydrogen-bond acceptors (Lipinski definition) is 13. The molecule has 0 radical (unpaired) electrons. The number of carbonyl (C=O) groups is 4. The number of carbonyl (C=O) groups excluding carboxylic acids is 3. The minimum atomic E-state index is -1.10. The molecule has 0 spiro atoms. The molecule has 1 aliphatic heterocycles. The first kappa shape index (κ1) is 44.7. The van der Waals surface area contributed by atoms with Gasteiger partial charge in [-0.25, -0.2) is 0 Å². The smallest absolute Gasteiger partial charge is 0.323 e. The minimum Gasteiger partial charge on any atom is -0.481 e. The second-order valence-corrected chi connectivity index (χ2v) is 16.7. The van der Waals surface area contributed by atoms with E-state index in [1.165, 1.54) is 0 Å². The van der Waals surface area contributed by atoms with Crippen molar-refractivity contribution in [3.63, 3.8) is 0 Å². The van der Waals surface area contributed by atoms with Gasteiger partial charge in [-0.05, 0) is 89.5 Å². The highest BCUT2D eigenvalue weighted by atomic mass is 16.6. The highest BCUT2D eigenvalue weighted by molar-refractivity contribution is 5.77. The lowest BCUT2D eigenvalue weighted by atomic mass is 10.1. The molecule has 2 N–H and O–H groups in total. The number of nitrogens with zero attached hydrogens (tertiary/aromatic N) is 4. The van der Waals surface area contributed by atoms with Crippen molar-refractivity contribution in [1.82, 2.24) is 19.6 Å². The average molecular weight is 703 g/mol. The van der Waals surface area contributed by atoms with Crippen LogP contribution in [0.2, 0.25) is 0 Å². The Balaban J connectivity index is 3.49. The van der Waals surface area contributed by atoms with Crippen molar-refractivity contribution < 1.29 is 48.3 Å². The molecule has 0 saturated carbocycles. The van der Waals surface area contributed by atoms with Crippen LogP contribution in [0.5, 0.6) is 0 Å². The number of hydrogen-bond donors (Lipinski definition) is 2. The molecule has 1 aliphatic rings. The third kappa shape index (κ3) is 22.2. The SMILES string of the molecule is CC(C)(C)OC(=O)CN1CCN(CC(=O)OC(C)(C)C)CCN(C(CCC(=O)O)C(=O)OC(C)(C)C)CCN(CC(O)OC(C)(C)C)CC1. The van der Waals surface area contributed by atoms with Crippen molar-refractivity contribution in [1.29, 1.82) is 0 Å². The summed E-state index contributed by atoms with van der Waals surface area (Å²) in [7, 11) is 0. The molecule has 2 unspecified atom stereocenters. The number of rotatable bonds is 12. The van der Waals surface area contributed by atoms with Crippen molar-refractivity contribution in [2.75, 3.05) is 72.0 Å². The highest BCUT2D eigenvalue weighted by Gasteiger charge is 2.33. The minimum absolute atomic E-state index is 0.0138. The number of ether oxygens (including phenoxy) is 4. The van der Waals surface area contributed by atoms with Gasteiger partial charge in [0, 0.05) is 65.3 Å². The summed E-state index contributed by atoms with van der Waals surface area (Å²) < 4.78 is 22.8. The van der Waals surface area contributed by atoms with Crippen molar-refractivity contribution in [2.24, 2.45) is 0 Å². The molecule has 49 heavy (non-hydrogen) atoms. The Morgan fingerprint density at radius 2 is 0.980 bits per heavy atom. The first-order valence-corrected chi connectivity index (χ1v) is 17.4. The van der Waals surface area contributed by atoms with Crippen molar-refractivity contribution in [3.05, 3.63) is 0 Å². The Morgan fingerprint density at radius 1 is 0.592 bits per heavy atom. The van der Waals surface area contributed by atoms with E-state index in [-0.39, 0.29) is 38.4 Å². The van der Waals surface area contributed by atoms with Gasteiger partial charge in [0.15, 0.2) is 6.29 Å². The number of aliphatic hydroxyl groups is 1. The van der Waals surface area contributed by atoms with E-state index in [0.717, 1.165) is 0 Å². The number of aliphatic carboxylic acids is 1. The molecule has 1 heterocycles. The van der Waals surface area contributed by atoms with Crippen molar-refractivity contribution >= 4 is 23.9 Å². The zero-order valence-corrected chi connectivity index (χ0v) is 32.3. The van der Waals surface area contributed by atoms with E-state index >= 15 is 0 Å². The molecule has 0 amide bonds. The van der Waals surface area contributed by atoms with Crippen LogP contribution in [0.25, 0.3) is 0 Å². The summed E-state index contributed by atoms with van der Waals surface area (Å²) in [6.07, 6.45) is -1.29. The maximum atomic E-state index is 13.6. The van der Waals surface area contributed by atoms with Crippen LogP contribution in [0, 0.1) is 0 Å². The lowest BCUT2D eigenvalue weighted by Gasteiger charge is -2.38.